The Balaban J connectivity index is 1.64. The summed E-state index contributed by atoms with van der Waals surface area (Å²) in [6, 6.07) is 4.01. The summed E-state index contributed by atoms with van der Waals surface area (Å²) in [4.78, 5) is 16.2. The molecule has 0 spiro atoms. The van der Waals surface area contributed by atoms with E-state index in [0.29, 0.717) is 0 Å². The Morgan fingerprint density at radius 3 is 2.85 bits per heavy atom. The number of aryl methyl sites for hydroxylation is 1. The largest absolute Gasteiger partial charge is 0.465 e. The maximum absolute atomic E-state index is 12.2. The lowest BCUT2D eigenvalue weighted by Crippen LogP contribution is -2.44. The monoisotopic (exact) mass is 278 g/mol. The molecule has 0 unspecified atom stereocenters. The number of carbonyl (C=O) groups is 1. The second-order valence-corrected chi connectivity index (χ2v) is 6.08. The molecule has 5 heteroatoms. The second-order valence-electron chi connectivity index (χ2n) is 6.08. The quantitative estimate of drug-likeness (QED) is 0.835. The lowest BCUT2D eigenvalue weighted by atomic mass is 9.99. The topological polar surface area (TPSA) is 45.9 Å². The van der Waals surface area contributed by atoms with Crippen LogP contribution in [0.25, 0.3) is 0 Å². The first-order chi connectivity index (χ1) is 9.52. The number of rotatable bonds is 3. The van der Waals surface area contributed by atoms with E-state index in [2.05, 4.69) is 4.90 Å². The summed E-state index contributed by atoms with van der Waals surface area (Å²) in [5.41, 5.74) is 0. The van der Waals surface area contributed by atoms with Gasteiger partial charge in [-0.2, -0.15) is 0 Å². The van der Waals surface area contributed by atoms with Crippen LogP contribution in [-0.4, -0.2) is 55.1 Å². The van der Waals surface area contributed by atoms with E-state index in [1.807, 2.05) is 33.2 Å². The third kappa shape index (κ3) is 2.60. The molecule has 110 valence electrons. The molecule has 20 heavy (non-hydrogen) atoms. The molecule has 2 bridgehead atoms. The molecule has 1 aromatic heterocycles. The average molecular weight is 278 g/mol. The predicted octanol–water partition coefficient (Wildman–Crippen LogP) is 1.27. The molecule has 1 aromatic rings. The van der Waals surface area contributed by atoms with Crippen molar-refractivity contribution in [1.29, 1.82) is 0 Å². The van der Waals surface area contributed by atoms with E-state index in [0.717, 1.165) is 37.6 Å². The molecule has 3 rings (SSSR count). The van der Waals surface area contributed by atoms with Gasteiger partial charge in [0.25, 0.3) is 0 Å². The van der Waals surface area contributed by atoms with Gasteiger partial charge in [0, 0.05) is 27.2 Å². The van der Waals surface area contributed by atoms with E-state index in [9.17, 15) is 4.79 Å². The molecular formula is C15H22N2O3. The van der Waals surface area contributed by atoms with E-state index in [4.69, 9.17) is 9.15 Å². The number of morpholine rings is 1. The van der Waals surface area contributed by atoms with E-state index >= 15 is 0 Å². The second kappa shape index (κ2) is 5.22. The highest BCUT2D eigenvalue weighted by atomic mass is 16.5. The summed E-state index contributed by atoms with van der Waals surface area (Å²) in [6.45, 7) is 4.44. The first kappa shape index (κ1) is 13.6. The van der Waals surface area contributed by atoms with Crippen LogP contribution in [-0.2, 0) is 16.1 Å². The van der Waals surface area contributed by atoms with Crippen molar-refractivity contribution in [2.45, 2.75) is 32.1 Å². The van der Waals surface area contributed by atoms with Crippen LogP contribution < -0.4 is 0 Å². The highest BCUT2D eigenvalue weighted by molar-refractivity contribution is 5.79. The van der Waals surface area contributed by atoms with Crippen LogP contribution >= 0.6 is 0 Å². The number of hydrogen-bond acceptors (Lipinski definition) is 4. The highest BCUT2D eigenvalue weighted by Gasteiger charge is 2.45. The molecule has 0 radical (unpaired) electrons. The van der Waals surface area contributed by atoms with Gasteiger partial charge in [-0.25, -0.2) is 0 Å². The van der Waals surface area contributed by atoms with Crippen LogP contribution in [0.5, 0.6) is 0 Å². The van der Waals surface area contributed by atoms with Crippen LogP contribution in [0.15, 0.2) is 16.5 Å². The zero-order valence-electron chi connectivity index (χ0n) is 12.3. The average Bonchev–Trinajstić information content (AvgIpc) is 2.92. The summed E-state index contributed by atoms with van der Waals surface area (Å²) in [5.74, 6) is 2.13. The number of nitrogens with zero attached hydrogens (tertiary/aromatic N) is 2. The van der Waals surface area contributed by atoms with Gasteiger partial charge >= 0.3 is 0 Å². The maximum Gasteiger partial charge on any atom is 0.227 e. The van der Waals surface area contributed by atoms with Crippen molar-refractivity contribution in [2.24, 2.45) is 5.92 Å². The normalized spacial score (nSPS) is 29.6. The molecule has 5 nitrogen and oxygen atoms in total. The third-order valence-corrected chi connectivity index (χ3v) is 4.17. The number of ether oxygens (including phenoxy) is 1. The minimum atomic E-state index is 0.0123. The van der Waals surface area contributed by atoms with Crippen LogP contribution in [0, 0.1) is 12.8 Å². The maximum atomic E-state index is 12.2. The minimum absolute atomic E-state index is 0.0123. The Labute approximate surface area is 119 Å². The van der Waals surface area contributed by atoms with Gasteiger partial charge < -0.3 is 14.1 Å². The lowest BCUT2D eigenvalue weighted by Gasteiger charge is -2.32. The summed E-state index contributed by atoms with van der Waals surface area (Å²) in [6.07, 6.45) is 1.05. The Morgan fingerprint density at radius 2 is 2.20 bits per heavy atom. The van der Waals surface area contributed by atoms with Gasteiger partial charge in [0.05, 0.1) is 24.7 Å². The summed E-state index contributed by atoms with van der Waals surface area (Å²) < 4.78 is 11.6. The van der Waals surface area contributed by atoms with Gasteiger partial charge in [-0.05, 0) is 25.5 Å². The van der Waals surface area contributed by atoms with Crippen LogP contribution in [0.4, 0.5) is 0 Å². The fourth-order valence-corrected chi connectivity index (χ4v) is 3.25. The molecular weight excluding hydrogens is 256 g/mol. The zero-order valence-corrected chi connectivity index (χ0v) is 12.3. The molecule has 2 aliphatic heterocycles. The molecule has 0 N–H and O–H groups in total. The van der Waals surface area contributed by atoms with Crippen molar-refractivity contribution in [2.75, 3.05) is 27.2 Å². The first-order valence-electron chi connectivity index (χ1n) is 7.17. The van der Waals surface area contributed by atoms with Crippen LogP contribution in [0.3, 0.4) is 0 Å². The molecule has 2 saturated heterocycles. The Kier molecular flexibility index (Phi) is 3.56. The lowest BCUT2D eigenvalue weighted by molar-refractivity contribution is -0.136. The fraction of sp³-hybridized carbons (Fsp3) is 0.667. The molecule has 1 amide bonds. The predicted molar refractivity (Wildman–Crippen MR) is 74.2 cm³/mol. The number of amides is 1. The number of fused-ring (bicyclic) bond motifs is 2. The molecule has 0 aliphatic carbocycles. The fourth-order valence-electron chi connectivity index (χ4n) is 3.25. The number of likely N-dealkylation sites (tertiary alicyclic amines) is 1. The third-order valence-electron chi connectivity index (χ3n) is 4.17. The van der Waals surface area contributed by atoms with Crippen molar-refractivity contribution < 1.29 is 13.9 Å². The van der Waals surface area contributed by atoms with E-state index < -0.39 is 0 Å². The van der Waals surface area contributed by atoms with E-state index in [-0.39, 0.29) is 24.0 Å². The van der Waals surface area contributed by atoms with Crippen LogP contribution in [0.2, 0.25) is 0 Å². The number of carbonyl (C=O) groups excluding carboxylic acids is 1. The highest BCUT2D eigenvalue weighted by Crippen LogP contribution is 2.33. The Morgan fingerprint density at radius 1 is 1.40 bits per heavy atom. The van der Waals surface area contributed by atoms with E-state index in [1.54, 1.807) is 4.90 Å². The molecule has 3 atom stereocenters. The first-order valence-corrected chi connectivity index (χ1v) is 7.17. The molecule has 2 fully saturated rings. The van der Waals surface area contributed by atoms with Crippen molar-refractivity contribution >= 4 is 5.91 Å². The minimum Gasteiger partial charge on any atom is -0.465 e. The zero-order chi connectivity index (χ0) is 14.3. The van der Waals surface area contributed by atoms with Gasteiger partial charge in [-0.1, -0.05) is 0 Å². The smallest absolute Gasteiger partial charge is 0.227 e. The molecule has 3 heterocycles. The van der Waals surface area contributed by atoms with Crippen molar-refractivity contribution in [1.82, 2.24) is 9.80 Å². The number of hydrogen-bond donors (Lipinski definition) is 0. The van der Waals surface area contributed by atoms with Gasteiger partial charge in [-0.3, -0.25) is 9.69 Å². The van der Waals surface area contributed by atoms with Crippen molar-refractivity contribution in [3.05, 3.63) is 23.7 Å². The number of furan rings is 1. The summed E-state index contributed by atoms with van der Waals surface area (Å²) in [7, 11) is 3.63. The van der Waals surface area contributed by atoms with E-state index in [1.165, 1.54) is 0 Å². The van der Waals surface area contributed by atoms with Crippen molar-refractivity contribution in [3.8, 4) is 0 Å². The molecule has 2 aliphatic rings. The summed E-state index contributed by atoms with van der Waals surface area (Å²) >= 11 is 0. The van der Waals surface area contributed by atoms with Gasteiger partial charge in [0.1, 0.15) is 11.5 Å². The SMILES string of the molecule is Cc1ccc(CN2C[C@H]3C[C@H](C(=O)N(C)C)[C@@H](C2)O3)o1. The van der Waals surface area contributed by atoms with Crippen molar-refractivity contribution in [3.63, 3.8) is 0 Å². The van der Waals surface area contributed by atoms with Gasteiger partial charge in [0.2, 0.25) is 5.91 Å². The van der Waals surface area contributed by atoms with Crippen LogP contribution in [0.1, 0.15) is 17.9 Å². The van der Waals surface area contributed by atoms with Gasteiger partial charge in [0.15, 0.2) is 0 Å². The molecule has 0 saturated carbocycles. The standard InChI is InChI=1S/C15H22N2O3/c1-10-4-5-11(19-10)7-17-8-12-6-13(14(9-17)20-12)15(18)16(2)3/h4-5,12-14H,6-9H2,1-3H3/t12-,13+,14-/m1/s1. The molecule has 0 aromatic carbocycles. The Bertz CT molecular complexity index is 497. The Hall–Kier alpha value is -1.33. The summed E-state index contributed by atoms with van der Waals surface area (Å²) in [5, 5.41) is 0. The van der Waals surface area contributed by atoms with Gasteiger partial charge in [-0.15, -0.1) is 0 Å².